The van der Waals surface area contributed by atoms with E-state index in [1.54, 1.807) is 18.3 Å². The van der Waals surface area contributed by atoms with Crippen LogP contribution in [0.3, 0.4) is 0 Å². The molecule has 3 nitrogen and oxygen atoms in total. The summed E-state index contributed by atoms with van der Waals surface area (Å²) in [6.07, 6.45) is 5.12. The zero-order valence-electron chi connectivity index (χ0n) is 10.0. The number of aromatic nitrogens is 1. The van der Waals surface area contributed by atoms with Crippen LogP contribution in [0.5, 0.6) is 0 Å². The summed E-state index contributed by atoms with van der Waals surface area (Å²) in [5.74, 6) is 5.33. The number of hydrogen-bond donors (Lipinski definition) is 2. The summed E-state index contributed by atoms with van der Waals surface area (Å²) < 4.78 is 12.8. The van der Waals surface area contributed by atoms with E-state index in [1.165, 1.54) is 12.1 Å². The van der Waals surface area contributed by atoms with Gasteiger partial charge in [0.05, 0.1) is 0 Å². The average Bonchev–Trinajstić information content (AvgIpc) is 2.41. The van der Waals surface area contributed by atoms with E-state index in [0.717, 1.165) is 24.0 Å². The van der Waals surface area contributed by atoms with Crippen molar-refractivity contribution in [1.29, 1.82) is 0 Å². The highest BCUT2D eigenvalue weighted by Gasteiger charge is 2.09. The van der Waals surface area contributed by atoms with Gasteiger partial charge in [-0.05, 0) is 42.2 Å². The number of nitrogens with one attached hydrogen (secondary N) is 1. The third-order valence-electron chi connectivity index (χ3n) is 2.84. The van der Waals surface area contributed by atoms with Crippen LogP contribution in [0.25, 0.3) is 0 Å². The van der Waals surface area contributed by atoms with Gasteiger partial charge in [-0.25, -0.2) is 4.39 Å². The fourth-order valence-corrected chi connectivity index (χ4v) is 1.90. The molecule has 1 atom stereocenters. The Morgan fingerprint density at radius 2 is 1.83 bits per heavy atom. The summed E-state index contributed by atoms with van der Waals surface area (Å²) in [4.78, 5) is 4.07. The molecule has 0 aliphatic carbocycles. The maximum Gasteiger partial charge on any atom is 0.123 e. The van der Waals surface area contributed by atoms with Crippen LogP contribution in [-0.4, -0.2) is 11.0 Å². The molecule has 18 heavy (non-hydrogen) atoms. The SMILES string of the molecule is NNC(Cc1ccc(F)cc1)Cc1cccnc1. The first-order chi connectivity index (χ1) is 8.78. The molecule has 2 aromatic rings. The third-order valence-corrected chi connectivity index (χ3v) is 2.84. The molecule has 4 heteroatoms. The maximum atomic E-state index is 12.8. The van der Waals surface area contributed by atoms with Gasteiger partial charge in [0.25, 0.3) is 0 Å². The van der Waals surface area contributed by atoms with Crippen molar-refractivity contribution in [1.82, 2.24) is 10.4 Å². The predicted molar refractivity (Wildman–Crippen MR) is 69.2 cm³/mol. The second-order valence-electron chi connectivity index (χ2n) is 4.26. The van der Waals surface area contributed by atoms with E-state index < -0.39 is 0 Å². The summed E-state index contributed by atoms with van der Waals surface area (Å²) in [5.41, 5.74) is 4.98. The van der Waals surface area contributed by atoms with Gasteiger partial charge in [0.1, 0.15) is 5.82 Å². The smallest absolute Gasteiger partial charge is 0.123 e. The summed E-state index contributed by atoms with van der Waals surface area (Å²) in [6, 6.07) is 10.5. The van der Waals surface area contributed by atoms with E-state index in [-0.39, 0.29) is 11.9 Å². The normalized spacial score (nSPS) is 12.3. The van der Waals surface area contributed by atoms with Gasteiger partial charge in [0.2, 0.25) is 0 Å². The van der Waals surface area contributed by atoms with Gasteiger partial charge < -0.3 is 0 Å². The molecule has 3 N–H and O–H groups in total. The molecular formula is C14H16FN3. The Hall–Kier alpha value is -1.78. The first kappa shape index (κ1) is 12.7. The van der Waals surface area contributed by atoms with E-state index >= 15 is 0 Å². The molecule has 0 saturated carbocycles. The second-order valence-corrected chi connectivity index (χ2v) is 4.26. The first-order valence-electron chi connectivity index (χ1n) is 5.87. The largest absolute Gasteiger partial charge is 0.271 e. The number of pyridine rings is 1. The van der Waals surface area contributed by atoms with Crippen molar-refractivity contribution in [3.63, 3.8) is 0 Å². The van der Waals surface area contributed by atoms with Gasteiger partial charge in [0.15, 0.2) is 0 Å². The second kappa shape index (κ2) is 6.23. The first-order valence-corrected chi connectivity index (χ1v) is 5.87. The Balaban J connectivity index is 1.99. The number of nitrogens with two attached hydrogens (primary N) is 1. The van der Waals surface area contributed by atoms with Crippen molar-refractivity contribution < 1.29 is 4.39 Å². The highest BCUT2D eigenvalue weighted by Crippen LogP contribution is 2.09. The fraction of sp³-hybridized carbons (Fsp3) is 0.214. The van der Waals surface area contributed by atoms with Crippen LogP contribution >= 0.6 is 0 Å². The zero-order valence-corrected chi connectivity index (χ0v) is 10.0. The highest BCUT2D eigenvalue weighted by atomic mass is 19.1. The predicted octanol–water partition coefficient (Wildman–Crippen LogP) is 1.84. The van der Waals surface area contributed by atoms with Crippen molar-refractivity contribution >= 4 is 0 Å². The third kappa shape index (κ3) is 3.61. The standard InChI is InChI=1S/C14H16FN3/c15-13-5-3-11(4-6-13)8-14(18-16)9-12-2-1-7-17-10-12/h1-7,10,14,18H,8-9,16H2. The minimum atomic E-state index is -0.219. The van der Waals surface area contributed by atoms with E-state index in [9.17, 15) is 4.39 Å². The van der Waals surface area contributed by atoms with Crippen molar-refractivity contribution in [3.8, 4) is 0 Å². The van der Waals surface area contributed by atoms with Gasteiger partial charge >= 0.3 is 0 Å². The number of hydrazine groups is 1. The van der Waals surface area contributed by atoms with Crippen LogP contribution in [0.2, 0.25) is 0 Å². The van der Waals surface area contributed by atoms with Crippen molar-refractivity contribution in [3.05, 3.63) is 65.7 Å². The molecule has 0 fully saturated rings. The summed E-state index contributed by atoms with van der Waals surface area (Å²) in [5, 5.41) is 0. The van der Waals surface area contributed by atoms with Gasteiger partial charge in [-0.3, -0.25) is 16.3 Å². The molecule has 94 valence electrons. The summed E-state index contributed by atoms with van der Waals surface area (Å²) in [6.45, 7) is 0. The average molecular weight is 245 g/mol. The van der Waals surface area contributed by atoms with Crippen LogP contribution in [0.15, 0.2) is 48.8 Å². The lowest BCUT2D eigenvalue weighted by Crippen LogP contribution is -2.38. The lowest BCUT2D eigenvalue weighted by molar-refractivity contribution is 0.521. The molecular weight excluding hydrogens is 229 g/mol. The molecule has 0 spiro atoms. The van der Waals surface area contributed by atoms with Crippen LogP contribution in [0, 0.1) is 5.82 Å². The fourth-order valence-electron chi connectivity index (χ4n) is 1.90. The molecule has 0 aliphatic heterocycles. The van der Waals surface area contributed by atoms with E-state index in [2.05, 4.69) is 10.4 Å². The lowest BCUT2D eigenvalue weighted by Gasteiger charge is -2.15. The van der Waals surface area contributed by atoms with Gasteiger partial charge in [-0.2, -0.15) is 0 Å². The van der Waals surface area contributed by atoms with Gasteiger partial charge in [-0.1, -0.05) is 18.2 Å². The van der Waals surface area contributed by atoms with Crippen molar-refractivity contribution in [2.45, 2.75) is 18.9 Å². The minimum absolute atomic E-state index is 0.111. The monoisotopic (exact) mass is 245 g/mol. The van der Waals surface area contributed by atoms with Crippen LogP contribution in [-0.2, 0) is 12.8 Å². The van der Waals surface area contributed by atoms with Gasteiger partial charge in [0, 0.05) is 18.4 Å². The van der Waals surface area contributed by atoms with Crippen molar-refractivity contribution in [2.24, 2.45) is 5.84 Å². The Bertz CT molecular complexity index is 470. The Kier molecular flexibility index (Phi) is 4.39. The molecule has 0 radical (unpaired) electrons. The van der Waals surface area contributed by atoms with Crippen LogP contribution < -0.4 is 11.3 Å². The summed E-state index contributed by atoms with van der Waals surface area (Å²) in [7, 11) is 0. The van der Waals surface area contributed by atoms with E-state index in [0.29, 0.717) is 0 Å². The molecule has 0 bridgehead atoms. The van der Waals surface area contributed by atoms with E-state index in [1.807, 2.05) is 18.3 Å². The minimum Gasteiger partial charge on any atom is -0.271 e. The van der Waals surface area contributed by atoms with Crippen LogP contribution in [0.1, 0.15) is 11.1 Å². The maximum absolute atomic E-state index is 12.8. The Labute approximate surface area is 106 Å². The molecule has 0 amide bonds. The molecule has 1 aromatic carbocycles. The topological polar surface area (TPSA) is 50.9 Å². The van der Waals surface area contributed by atoms with Crippen LogP contribution in [0.4, 0.5) is 4.39 Å². The molecule has 1 heterocycles. The zero-order chi connectivity index (χ0) is 12.8. The quantitative estimate of drug-likeness (QED) is 0.624. The molecule has 2 rings (SSSR count). The molecule has 0 aliphatic rings. The van der Waals surface area contributed by atoms with Crippen molar-refractivity contribution in [2.75, 3.05) is 0 Å². The van der Waals surface area contributed by atoms with Gasteiger partial charge in [-0.15, -0.1) is 0 Å². The Morgan fingerprint density at radius 1 is 1.11 bits per heavy atom. The molecule has 1 aromatic heterocycles. The summed E-state index contributed by atoms with van der Waals surface area (Å²) >= 11 is 0. The highest BCUT2D eigenvalue weighted by molar-refractivity contribution is 5.18. The van der Waals surface area contributed by atoms with E-state index in [4.69, 9.17) is 5.84 Å². The Morgan fingerprint density at radius 3 is 2.44 bits per heavy atom. The number of hydrogen-bond acceptors (Lipinski definition) is 3. The molecule has 0 saturated heterocycles. The number of nitrogens with zero attached hydrogens (tertiary/aromatic N) is 1. The number of halogens is 1. The lowest BCUT2D eigenvalue weighted by atomic mass is 10.0. The number of benzene rings is 1. The number of rotatable bonds is 5. The molecule has 1 unspecified atom stereocenters.